The first-order valence-electron chi connectivity index (χ1n) is 3.40. The van der Waals surface area contributed by atoms with E-state index < -0.39 is 0 Å². The van der Waals surface area contributed by atoms with Gasteiger partial charge >= 0.3 is 0 Å². The number of aldehydes is 1. The zero-order chi connectivity index (χ0) is 7.11. The number of hydrogen-bond acceptors (Lipinski definition) is 1. The van der Waals surface area contributed by atoms with Gasteiger partial charge in [0.1, 0.15) is 6.29 Å². The van der Waals surface area contributed by atoms with Crippen molar-refractivity contribution in [2.45, 2.75) is 33.1 Å². The molecule has 0 atom stereocenters. The molecule has 0 heterocycles. The highest BCUT2D eigenvalue weighted by Gasteiger charge is 1.84. The van der Waals surface area contributed by atoms with E-state index in [1.165, 1.54) is 5.57 Å². The quantitative estimate of drug-likeness (QED) is 0.417. The standard InChI is InChI=1S/C8H14O/c1-3-4-5-8(2)6-7-9/h5,7H,3-4,6H2,1-2H3. The average Bonchev–Trinajstić information content (AvgIpc) is 1.85. The summed E-state index contributed by atoms with van der Waals surface area (Å²) >= 11 is 0. The molecule has 0 unspecified atom stereocenters. The van der Waals surface area contributed by atoms with Gasteiger partial charge in [-0.15, -0.1) is 0 Å². The highest BCUT2D eigenvalue weighted by molar-refractivity contribution is 5.53. The average molecular weight is 126 g/mol. The maximum Gasteiger partial charge on any atom is 0.124 e. The van der Waals surface area contributed by atoms with Crippen molar-refractivity contribution >= 4 is 6.29 Å². The van der Waals surface area contributed by atoms with Gasteiger partial charge in [0.25, 0.3) is 0 Å². The van der Waals surface area contributed by atoms with Crippen molar-refractivity contribution in [3.8, 4) is 0 Å². The highest BCUT2D eigenvalue weighted by atomic mass is 16.1. The molecule has 0 amide bonds. The minimum absolute atomic E-state index is 0.597. The third-order valence-electron chi connectivity index (χ3n) is 1.19. The van der Waals surface area contributed by atoms with Gasteiger partial charge in [0.15, 0.2) is 0 Å². The Hall–Kier alpha value is -0.590. The lowest BCUT2D eigenvalue weighted by Gasteiger charge is -1.90. The van der Waals surface area contributed by atoms with Gasteiger partial charge in [0, 0.05) is 6.42 Å². The van der Waals surface area contributed by atoms with Crippen LogP contribution in [-0.2, 0) is 4.79 Å². The van der Waals surface area contributed by atoms with Gasteiger partial charge in [0.05, 0.1) is 0 Å². The molecule has 1 nitrogen and oxygen atoms in total. The van der Waals surface area contributed by atoms with E-state index >= 15 is 0 Å². The fourth-order valence-electron chi connectivity index (χ4n) is 0.606. The Kier molecular flexibility index (Phi) is 5.18. The van der Waals surface area contributed by atoms with Crippen LogP contribution in [0, 0.1) is 0 Å². The number of carbonyl (C=O) groups is 1. The van der Waals surface area contributed by atoms with Crippen molar-refractivity contribution in [2.75, 3.05) is 0 Å². The molecule has 0 saturated carbocycles. The maximum absolute atomic E-state index is 9.94. The summed E-state index contributed by atoms with van der Waals surface area (Å²) in [5.74, 6) is 0. The van der Waals surface area contributed by atoms with Crippen LogP contribution in [-0.4, -0.2) is 6.29 Å². The molecule has 0 aromatic heterocycles. The molecule has 0 N–H and O–H groups in total. The van der Waals surface area contributed by atoms with Crippen molar-refractivity contribution in [1.29, 1.82) is 0 Å². The lowest BCUT2D eigenvalue weighted by Crippen LogP contribution is -1.77. The molecule has 1 heteroatoms. The predicted octanol–water partition coefficient (Wildman–Crippen LogP) is 2.32. The molecule has 9 heavy (non-hydrogen) atoms. The van der Waals surface area contributed by atoms with Crippen molar-refractivity contribution in [3.05, 3.63) is 11.6 Å². The summed E-state index contributed by atoms with van der Waals surface area (Å²) in [6.07, 6.45) is 5.92. The molecule has 0 aliphatic heterocycles. The molecular weight excluding hydrogens is 112 g/mol. The fourth-order valence-corrected chi connectivity index (χ4v) is 0.606. The van der Waals surface area contributed by atoms with Crippen LogP contribution in [0.4, 0.5) is 0 Å². The van der Waals surface area contributed by atoms with Gasteiger partial charge in [-0.05, 0) is 13.3 Å². The van der Waals surface area contributed by atoms with Crippen molar-refractivity contribution < 1.29 is 4.79 Å². The van der Waals surface area contributed by atoms with Crippen LogP contribution in [0.15, 0.2) is 11.6 Å². The second-order valence-electron chi connectivity index (χ2n) is 2.21. The summed E-state index contributed by atoms with van der Waals surface area (Å²) in [5, 5.41) is 0. The molecule has 0 aromatic rings. The molecule has 0 saturated heterocycles. The molecule has 0 spiro atoms. The van der Waals surface area contributed by atoms with Crippen molar-refractivity contribution in [1.82, 2.24) is 0 Å². The van der Waals surface area contributed by atoms with E-state index in [4.69, 9.17) is 0 Å². The molecule has 0 aliphatic rings. The lowest BCUT2D eigenvalue weighted by molar-refractivity contribution is -0.107. The molecule has 0 bridgehead atoms. The number of hydrogen-bond donors (Lipinski definition) is 0. The summed E-state index contributed by atoms with van der Waals surface area (Å²) in [4.78, 5) is 9.94. The Morgan fingerprint density at radius 2 is 2.22 bits per heavy atom. The second-order valence-corrected chi connectivity index (χ2v) is 2.21. The Labute approximate surface area is 56.8 Å². The SMILES string of the molecule is CCCC=C(C)CC=O. The van der Waals surface area contributed by atoms with E-state index in [0.717, 1.165) is 19.1 Å². The van der Waals surface area contributed by atoms with E-state index in [0.29, 0.717) is 6.42 Å². The Morgan fingerprint density at radius 1 is 1.56 bits per heavy atom. The molecular formula is C8H14O. The van der Waals surface area contributed by atoms with Crippen molar-refractivity contribution in [3.63, 3.8) is 0 Å². The molecule has 0 radical (unpaired) electrons. The third-order valence-corrected chi connectivity index (χ3v) is 1.19. The van der Waals surface area contributed by atoms with E-state index in [2.05, 4.69) is 13.0 Å². The molecule has 52 valence electrons. The van der Waals surface area contributed by atoms with Crippen LogP contribution in [0.2, 0.25) is 0 Å². The van der Waals surface area contributed by atoms with Crippen LogP contribution in [0.5, 0.6) is 0 Å². The Balaban J connectivity index is 3.42. The molecule has 0 rings (SSSR count). The fraction of sp³-hybridized carbons (Fsp3) is 0.625. The minimum atomic E-state index is 0.597. The minimum Gasteiger partial charge on any atom is -0.303 e. The molecule has 0 aliphatic carbocycles. The van der Waals surface area contributed by atoms with Gasteiger partial charge in [-0.1, -0.05) is 25.0 Å². The van der Waals surface area contributed by atoms with Crippen LogP contribution < -0.4 is 0 Å². The Bertz CT molecular complexity index is 103. The maximum atomic E-state index is 9.94. The van der Waals surface area contributed by atoms with Gasteiger partial charge in [0.2, 0.25) is 0 Å². The predicted molar refractivity (Wildman–Crippen MR) is 39.3 cm³/mol. The van der Waals surface area contributed by atoms with Gasteiger partial charge in [-0.3, -0.25) is 0 Å². The summed E-state index contributed by atoms with van der Waals surface area (Å²) in [7, 11) is 0. The Morgan fingerprint density at radius 3 is 2.67 bits per heavy atom. The number of rotatable bonds is 4. The number of allylic oxidation sites excluding steroid dienone is 2. The highest BCUT2D eigenvalue weighted by Crippen LogP contribution is 1.99. The van der Waals surface area contributed by atoms with Gasteiger partial charge in [-0.2, -0.15) is 0 Å². The topological polar surface area (TPSA) is 17.1 Å². The summed E-state index contributed by atoms with van der Waals surface area (Å²) in [5.41, 5.74) is 1.19. The second kappa shape index (κ2) is 5.54. The van der Waals surface area contributed by atoms with E-state index in [1.54, 1.807) is 0 Å². The van der Waals surface area contributed by atoms with Crippen LogP contribution >= 0.6 is 0 Å². The summed E-state index contributed by atoms with van der Waals surface area (Å²) in [6, 6.07) is 0. The van der Waals surface area contributed by atoms with E-state index in [-0.39, 0.29) is 0 Å². The largest absolute Gasteiger partial charge is 0.303 e. The van der Waals surface area contributed by atoms with Crippen molar-refractivity contribution in [2.24, 2.45) is 0 Å². The monoisotopic (exact) mass is 126 g/mol. The zero-order valence-electron chi connectivity index (χ0n) is 6.18. The first-order valence-corrected chi connectivity index (χ1v) is 3.40. The third kappa shape index (κ3) is 5.28. The number of unbranched alkanes of at least 4 members (excludes halogenated alkanes) is 1. The van der Waals surface area contributed by atoms with Crippen LogP contribution in [0.3, 0.4) is 0 Å². The van der Waals surface area contributed by atoms with E-state index in [9.17, 15) is 4.79 Å². The summed E-state index contributed by atoms with van der Waals surface area (Å²) < 4.78 is 0. The smallest absolute Gasteiger partial charge is 0.124 e. The van der Waals surface area contributed by atoms with Gasteiger partial charge in [-0.25, -0.2) is 0 Å². The summed E-state index contributed by atoms with van der Waals surface area (Å²) in [6.45, 7) is 4.12. The first kappa shape index (κ1) is 8.41. The lowest BCUT2D eigenvalue weighted by atomic mass is 10.2. The molecule has 0 aromatic carbocycles. The normalized spacial score (nSPS) is 11.6. The van der Waals surface area contributed by atoms with E-state index in [1.807, 2.05) is 6.92 Å². The molecule has 0 fully saturated rings. The van der Waals surface area contributed by atoms with Gasteiger partial charge < -0.3 is 4.79 Å². The zero-order valence-corrected chi connectivity index (χ0v) is 6.18. The van der Waals surface area contributed by atoms with Crippen LogP contribution in [0.1, 0.15) is 33.1 Å². The van der Waals surface area contributed by atoms with Crippen LogP contribution in [0.25, 0.3) is 0 Å². The first-order chi connectivity index (χ1) is 4.31. The number of carbonyl (C=O) groups excluding carboxylic acids is 1.